The van der Waals surface area contributed by atoms with Crippen molar-refractivity contribution in [3.8, 4) is 0 Å². The zero-order valence-corrected chi connectivity index (χ0v) is 10.3. The molecule has 1 atom stereocenters. The Morgan fingerprint density at radius 3 is 3.00 bits per heavy atom. The predicted molar refractivity (Wildman–Crippen MR) is 61.5 cm³/mol. The van der Waals surface area contributed by atoms with Gasteiger partial charge in [-0.2, -0.15) is 4.37 Å². The zero-order chi connectivity index (χ0) is 11.3. The molecule has 0 spiro atoms. The first kappa shape index (κ1) is 12.4. The van der Waals surface area contributed by atoms with Gasteiger partial charge in [0.25, 0.3) is 0 Å². The second-order valence-corrected chi connectivity index (χ2v) is 5.58. The highest BCUT2D eigenvalue weighted by atomic mass is 32.2. The molecule has 0 aromatic carbocycles. The molecule has 1 rings (SSSR count). The molecular weight excluding hydrogens is 232 g/mol. The average Bonchev–Trinajstić information content (AvgIpc) is 2.60. The molecule has 1 aromatic rings. The van der Waals surface area contributed by atoms with E-state index in [0.29, 0.717) is 11.7 Å². The third kappa shape index (κ3) is 4.59. The van der Waals surface area contributed by atoms with E-state index in [1.165, 1.54) is 11.5 Å². The smallest absolute Gasteiger partial charge is 0.233 e. The quantitative estimate of drug-likeness (QED) is 0.352. The SMILES string of the molecule is Cc1nsc(SC(C)CCC(=O)NN)n1. The molecule has 0 aliphatic carbocycles. The standard InChI is InChI=1S/C8H14N4OS2/c1-5(3-4-7(13)11-9)14-8-10-6(2)12-15-8/h5H,3-4,9H2,1-2H3,(H,11,13). The van der Waals surface area contributed by atoms with E-state index in [1.54, 1.807) is 11.8 Å². The van der Waals surface area contributed by atoms with Gasteiger partial charge < -0.3 is 0 Å². The van der Waals surface area contributed by atoms with Gasteiger partial charge in [0.15, 0.2) is 4.34 Å². The summed E-state index contributed by atoms with van der Waals surface area (Å²) in [5, 5.41) is 0.342. The van der Waals surface area contributed by atoms with Crippen LogP contribution in [0.25, 0.3) is 0 Å². The number of carbonyl (C=O) groups excluding carboxylic acids is 1. The van der Waals surface area contributed by atoms with Crippen molar-refractivity contribution in [2.45, 2.75) is 36.3 Å². The molecule has 7 heteroatoms. The van der Waals surface area contributed by atoms with Crippen LogP contribution in [-0.4, -0.2) is 20.5 Å². The number of nitrogens with two attached hydrogens (primary N) is 1. The first-order valence-corrected chi connectivity index (χ1v) is 6.23. The first-order chi connectivity index (χ1) is 7.11. The van der Waals surface area contributed by atoms with Gasteiger partial charge in [0.1, 0.15) is 5.82 Å². The predicted octanol–water partition coefficient (Wildman–Crippen LogP) is 1.10. The maximum atomic E-state index is 10.9. The molecule has 1 unspecified atom stereocenters. The Kier molecular flexibility index (Phi) is 5.00. The minimum absolute atomic E-state index is 0.129. The molecule has 84 valence electrons. The van der Waals surface area contributed by atoms with E-state index in [9.17, 15) is 4.79 Å². The van der Waals surface area contributed by atoms with Crippen LogP contribution in [0.15, 0.2) is 4.34 Å². The second kappa shape index (κ2) is 6.04. The van der Waals surface area contributed by atoms with Crippen LogP contribution >= 0.6 is 23.3 Å². The Hall–Kier alpha value is -0.660. The van der Waals surface area contributed by atoms with Crippen LogP contribution in [0.1, 0.15) is 25.6 Å². The molecule has 0 aliphatic heterocycles. The number of hydrogen-bond donors (Lipinski definition) is 2. The van der Waals surface area contributed by atoms with Crippen molar-refractivity contribution >= 4 is 29.2 Å². The minimum atomic E-state index is -0.129. The van der Waals surface area contributed by atoms with Gasteiger partial charge in [-0.3, -0.25) is 10.2 Å². The Labute approximate surface area is 97.0 Å². The summed E-state index contributed by atoms with van der Waals surface area (Å²) in [5.41, 5.74) is 2.11. The van der Waals surface area contributed by atoms with Gasteiger partial charge in [0.2, 0.25) is 5.91 Å². The van der Waals surface area contributed by atoms with E-state index in [0.717, 1.165) is 16.6 Å². The van der Waals surface area contributed by atoms with Crippen molar-refractivity contribution in [3.05, 3.63) is 5.82 Å². The fourth-order valence-electron chi connectivity index (χ4n) is 0.963. The number of hydrazine groups is 1. The summed E-state index contributed by atoms with van der Waals surface area (Å²) < 4.78 is 5.04. The summed E-state index contributed by atoms with van der Waals surface area (Å²) >= 11 is 3.04. The number of nitrogens with one attached hydrogen (secondary N) is 1. The molecule has 0 saturated heterocycles. The van der Waals surface area contributed by atoms with Crippen molar-refractivity contribution in [2.24, 2.45) is 5.84 Å². The van der Waals surface area contributed by atoms with Crippen LogP contribution in [0.5, 0.6) is 0 Å². The molecule has 1 amide bonds. The van der Waals surface area contributed by atoms with Gasteiger partial charge in [-0.05, 0) is 24.9 Å². The van der Waals surface area contributed by atoms with E-state index in [4.69, 9.17) is 5.84 Å². The minimum Gasteiger partial charge on any atom is -0.294 e. The van der Waals surface area contributed by atoms with E-state index in [1.807, 2.05) is 6.92 Å². The lowest BCUT2D eigenvalue weighted by atomic mass is 10.2. The number of aromatic nitrogens is 2. The summed E-state index contributed by atoms with van der Waals surface area (Å²) in [6, 6.07) is 0. The van der Waals surface area contributed by atoms with Gasteiger partial charge in [-0.25, -0.2) is 10.8 Å². The van der Waals surface area contributed by atoms with Crippen molar-refractivity contribution in [3.63, 3.8) is 0 Å². The highest BCUT2D eigenvalue weighted by Gasteiger charge is 2.10. The topological polar surface area (TPSA) is 80.9 Å². The lowest BCUT2D eigenvalue weighted by Gasteiger charge is -2.07. The van der Waals surface area contributed by atoms with E-state index in [-0.39, 0.29) is 5.91 Å². The lowest BCUT2D eigenvalue weighted by molar-refractivity contribution is -0.121. The normalized spacial score (nSPS) is 12.5. The largest absolute Gasteiger partial charge is 0.294 e. The van der Waals surface area contributed by atoms with Crippen LogP contribution in [0.4, 0.5) is 0 Å². The van der Waals surface area contributed by atoms with Crippen molar-refractivity contribution in [1.29, 1.82) is 0 Å². The molecule has 0 radical (unpaired) electrons. The lowest BCUT2D eigenvalue weighted by Crippen LogP contribution is -2.30. The van der Waals surface area contributed by atoms with Crippen molar-refractivity contribution in [2.75, 3.05) is 0 Å². The van der Waals surface area contributed by atoms with Gasteiger partial charge in [0.05, 0.1) is 0 Å². The fraction of sp³-hybridized carbons (Fsp3) is 0.625. The summed E-state index contributed by atoms with van der Waals surface area (Å²) in [6.07, 6.45) is 1.23. The highest BCUT2D eigenvalue weighted by molar-refractivity contribution is 8.01. The maximum absolute atomic E-state index is 10.9. The number of hydrogen-bond acceptors (Lipinski definition) is 6. The monoisotopic (exact) mass is 246 g/mol. The number of thioether (sulfide) groups is 1. The molecule has 0 bridgehead atoms. The Morgan fingerprint density at radius 1 is 1.73 bits per heavy atom. The molecule has 0 saturated carbocycles. The van der Waals surface area contributed by atoms with Crippen molar-refractivity contribution < 1.29 is 4.79 Å². The summed E-state index contributed by atoms with van der Waals surface area (Å²) in [5.74, 6) is 5.66. The molecule has 1 heterocycles. The number of carbonyl (C=O) groups is 1. The molecule has 3 N–H and O–H groups in total. The van der Waals surface area contributed by atoms with Crippen LogP contribution in [0.2, 0.25) is 0 Å². The molecule has 1 aromatic heterocycles. The van der Waals surface area contributed by atoms with Gasteiger partial charge in [0, 0.05) is 11.7 Å². The van der Waals surface area contributed by atoms with Crippen LogP contribution in [0.3, 0.4) is 0 Å². The van der Waals surface area contributed by atoms with Crippen LogP contribution in [0, 0.1) is 6.92 Å². The van der Waals surface area contributed by atoms with E-state index in [2.05, 4.69) is 21.7 Å². The number of nitrogens with zero attached hydrogens (tertiary/aromatic N) is 2. The van der Waals surface area contributed by atoms with E-state index < -0.39 is 0 Å². The maximum Gasteiger partial charge on any atom is 0.233 e. The Balaban J connectivity index is 2.30. The van der Waals surface area contributed by atoms with Crippen LogP contribution < -0.4 is 11.3 Å². The zero-order valence-electron chi connectivity index (χ0n) is 8.69. The Bertz CT molecular complexity index is 328. The average molecular weight is 246 g/mol. The molecule has 0 aliphatic rings. The van der Waals surface area contributed by atoms with Gasteiger partial charge in [-0.15, -0.1) is 0 Å². The summed E-state index contributed by atoms with van der Waals surface area (Å²) in [6.45, 7) is 3.93. The fourth-order valence-corrected chi connectivity index (χ4v) is 2.93. The van der Waals surface area contributed by atoms with Crippen LogP contribution in [-0.2, 0) is 4.79 Å². The number of amides is 1. The van der Waals surface area contributed by atoms with Crippen molar-refractivity contribution in [1.82, 2.24) is 14.8 Å². The Morgan fingerprint density at radius 2 is 2.47 bits per heavy atom. The molecule has 15 heavy (non-hydrogen) atoms. The molecule has 5 nitrogen and oxygen atoms in total. The molecule has 0 fully saturated rings. The first-order valence-electron chi connectivity index (χ1n) is 4.58. The second-order valence-electron chi connectivity index (χ2n) is 3.14. The van der Waals surface area contributed by atoms with Gasteiger partial charge >= 0.3 is 0 Å². The highest BCUT2D eigenvalue weighted by Crippen LogP contribution is 2.27. The summed E-state index contributed by atoms with van der Waals surface area (Å²) in [7, 11) is 0. The van der Waals surface area contributed by atoms with Gasteiger partial charge in [-0.1, -0.05) is 18.7 Å². The van der Waals surface area contributed by atoms with E-state index >= 15 is 0 Å². The molecular formula is C8H14N4OS2. The summed E-state index contributed by atoms with van der Waals surface area (Å²) in [4.78, 5) is 15.1. The third-order valence-corrected chi connectivity index (χ3v) is 3.80. The number of rotatable bonds is 5. The number of aryl methyl sites for hydroxylation is 1. The third-order valence-electron chi connectivity index (χ3n) is 1.75.